The van der Waals surface area contributed by atoms with Gasteiger partial charge in [-0.25, -0.2) is 4.98 Å². The number of nitrogens with one attached hydrogen (secondary N) is 1. The molecule has 0 saturated carbocycles. The lowest BCUT2D eigenvalue weighted by Gasteiger charge is -2.08. The zero-order valence-electron chi connectivity index (χ0n) is 15.8. The Kier molecular flexibility index (Phi) is 7.46. The van der Waals surface area contributed by atoms with Crippen molar-refractivity contribution in [2.24, 2.45) is 0 Å². The van der Waals surface area contributed by atoms with Crippen molar-refractivity contribution in [3.05, 3.63) is 70.2 Å². The fourth-order valence-electron chi connectivity index (χ4n) is 2.61. The lowest BCUT2D eigenvalue weighted by atomic mass is 10.2. The molecular weight excluding hydrogens is 392 g/mol. The molecule has 146 valence electrons. The molecule has 4 nitrogen and oxygen atoms in total. The molecule has 0 aliphatic heterocycles. The number of unbranched alkanes of at least 4 members (excludes halogenated alkanes) is 1. The molecule has 3 aromatic rings. The second-order valence-electron chi connectivity index (χ2n) is 6.39. The minimum absolute atomic E-state index is 0.103. The molecule has 2 aromatic carbocycles. The van der Waals surface area contributed by atoms with Crippen molar-refractivity contribution in [1.29, 1.82) is 0 Å². The molecule has 0 aliphatic rings. The Morgan fingerprint density at radius 3 is 2.82 bits per heavy atom. The minimum Gasteiger partial charge on any atom is -0.494 e. The second kappa shape index (κ2) is 10.2. The van der Waals surface area contributed by atoms with Crippen LogP contribution in [-0.4, -0.2) is 24.0 Å². The third kappa shape index (κ3) is 5.81. The number of amides is 1. The fraction of sp³-hybridized carbons (Fsp3) is 0.273. The molecule has 1 N–H and O–H groups in total. The Morgan fingerprint density at radius 2 is 2.04 bits per heavy atom. The summed E-state index contributed by atoms with van der Waals surface area (Å²) < 4.78 is 5.67. The molecule has 0 atom stereocenters. The second-order valence-corrected chi connectivity index (χ2v) is 7.68. The van der Waals surface area contributed by atoms with Crippen LogP contribution >= 0.6 is 22.9 Å². The minimum atomic E-state index is -0.103. The molecule has 1 amide bonds. The molecular formula is C22H23ClN2O2S. The number of carbonyl (C=O) groups excluding carboxylic acids is 1. The summed E-state index contributed by atoms with van der Waals surface area (Å²) in [4.78, 5) is 17.0. The SMILES string of the molecule is CCCCOc1cccc(C(=O)NCCc2csc(-c3ccc(Cl)cc3)n2)c1. The molecule has 0 radical (unpaired) electrons. The number of thiazole rings is 1. The van der Waals surface area contributed by atoms with Crippen LogP contribution in [0, 0.1) is 0 Å². The zero-order chi connectivity index (χ0) is 19.8. The number of ether oxygens (including phenoxy) is 1. The molecule has 1 aromatic heterocycles. The van der Waals surface area contributed by atoms with Crippen LogP contribution in [0.15, 0.2) is 53.9 Å². The smallest absolute Gasteiger partial charge is 0.251 e. The number of rotatable bonds is 9. The lowest BCUT2D eigenvalue weighted by molar-refractivity contribution is 0.0953. The molecule has 0 bridgehead atoms. The maximum atomic E-state index is 12.4. The topological polar surface area (TPSA) is 51.2 Å². The van der Waals surface area contributed by atoms with E-state index in [9.17, 15) is 4.79 Å². The summed E-state index contributed by atoms with van der Waals surface area (Å²) in [5.41, 5.74) is 2.62. The number of nitrogens with zero attached hydrogens (tertiary/aromatic N) is 1. The van der Waals surface area contributed by atoms with E-state index in [1.807, 2.05) is 41.8 Å². The van der Waals surface area contributed by atoms with Crippen molar-refractivity contribution < 1.29 is 9.53 Å². The normalized spacial score (nSPS) is 10.6. The van der Waals surface area contributed by atoms with Crippen molar-refractivity contribution in [3.63, 3.8) is 0 Å². The maximum absolute atomic E-state index is 12.4. The summed E-state index contributed by atoms with van der Waals surface area (Å²) in [6, 6.07) is 14.9. The predicted molar refractivity (Wildman–Crippen MR) is 115 cm³/mol. The first kappa shape index (κ1) is 20.4. The van der Waals surface area contributed by atoms with Gasteiger partial charge in [-0.2, -0.15) is 0 Å². The molecule has 0 fully saturated rings. The van der Waals surface area contributed by atoms with Gasteiger partial charge in [0.25, 0.3) is 5.91 Å². The van der Waals surface area contributed by atoms with Gasteiger partial charge in [0.1, 0.15) is 10.8 Å². The van der Waals surface area contributed by atoms with Crippen LogP contribution in [0.3, 0.4) is 0 Å². The highest BCUT2D eigenvalue weighted by molar-refractivity contribution is 7.13. The van der Waals surface area contributed by atoms with E-state index in [1.54, 1.807) is 23.5 Å². The maximum Gasteiger partial charge on any atom is 0.251 e. The van der Waals surface area contributed by atoms with E-state index < -0.39 is 0 Å². The van der Waals surface area contributed by atoms with Crippen LogP contribution in [0.4, 0.5) is 0 Å². The number of carbonyl (C=O) groups is 1. The van der Waals surface area contributed by atoms with Crippen LogP contribution in [0.5, 0.6) is 5.75 Å². The van der Waals surface area contributed by atoms with Gasteiger partial charge < -0.3 is 10.1 Å². The Balaban J connectivity index is 1.50. The number of aromatic nitrogens is 1. The number of halogens is 1. The van der Waals surface area contributed by atoms with Crippen molar-refractivity contribution >= 4 is 28.8 Å². The molecule has 0 spiro atoms. The summed E-state index contributed by atoms with van der Waals surface area (Å²) >= 11 is 7.52. The highest BCUT2D eigenvalue weighted by atomic mass is 35.5. The van der Waals surface area contributed by atoms with Gasteiger partial charge in [0, 0.05) is 34.5 Å². The third-order valence-electron chi connectivity index (χ3n) is 4.17. The molecule has 1 heterocycles. The Hall–Kier alpha value is -2.37. The molecule has 0 aliphatic carbocycles. The van der Waals surface area contributed by atoms with Gasteiger partial charge >= 0.3 is 0 Å². The average Bonchev–Trinajstić information content (AvgIpc) is 3.18. The van der Waals surface area contributed by atoms with Gasteiger partial charge in [0.2, 0.25) is 0 Å². The van der Waals surface area contributed by atoms with E-state index in [2.05, 4.69) is 17.2 Å². The Labute approximate surface area is 174 Å². The van der Waals surface area contributed by atoms with Crippen LogP contribution in [-0.2, 0) is 6.42 Å². The van der Waals surface area contributed by atoms with Gasteiger partial charge in [-0.1, -0.05) is 43.1 Å². The highest BCUT2D eigenvalue weighted by Crippen LogP contribution is 2.25. The number of hydrogen-bond donors (Lipinski definition) is 1. The van der Waals surface area contributed by atoms with Crippen LogP contribution in [0.1, 0.15) is 35.8 Å². The first-order chi connectivity index (χ1) is 13.7. The molecule has 0 unspecified atom stereocenters. The average molecular weight is 415 g/mol. The van der Waals surface area contributed by atoms with Gasteiger partial charge in [0.05, 0.1) is 12.3 Å². The van der Waals surface area contributed by atoms with Crippen molar-refractivity contribution in [1.82, 2.24) is 10.3 Å². The number of benzene rings is 2. The van der Waals surface area contributed by atoms with Gasteiger partial charge in [-0.05, 0) is 36.8 Å². The molecule has 0 saturated heterocycles. The summed E-state index contributed by atoms with van der Waals surface area (Å²) in [6.45, 7) is 3.32. The fourth-order valence-corrected chi connectivity index (χ4v) is 3.60. The zero-order valence-corrected chi connectivity index (χ0v) is 17.4. The van der Waals surface area contributed by atoms with E-state index in [0.717, 1.165) is 34.9 Å². The van der Waals surface area contributed by atoms with E-state index in [0.29, 0.717) is 30.2 Å². The van der Waals surface area contributed by atoms with Crippen LogP contribution in [0.2, 0.25) is 5.02 Å². The quantitative estimate of drug-likeness (QED) is 0.462. The Bertz CT molecular complexity index is 909. The van der Waals surface area contributed by atoms with Crippen molar-refractivity contribution in [2.45, 2.75) is 26.2 Å². The van der Waals surface area contributed by atoms with Crippen molar-refractivity contribution in [2.75, 3.05) is 13.2 Å². The Morgan fingerprint density at radius 1 is 1.21 bits per heavy atom. The lowest BCUT2D eigenvalue weighted by Crippen LogP contribution is -2.25. The van der Waals surface area contributed by atoms with E-state index >= 15 is 0 Å². The van der Waals surface area contributed by atoms with Crippen molar-refractivity contribution in [3.8, 4) is 16.3 Å². The van der Waals surface area contributed by atoms with Gasteiger partial charge in [-0.15, -0.1) is 11.3 Å². The van der Waals surface area contributed by atoms with E-state index in [1.165, 1.54) is 0 Å². The van der Waals surface area contributed by atoms with Gasteiger partial charge in [-0.3, -0.25) is 4.79 Å². The molecule has 3 rings (SSSR count). The number of hydrogen-bond acceptors (Lipinski definition) is 4. The van der Waals surface area contributed by atoms with Crippen LogP contribution < -0.4 is 10.1 Å². The first-order valence-corrected chi connectivity index (χ1v) is 10.6. The largest absolute Gasteiger partial charge is 0.494 e. The predicted octanol–water partition coefficient (Wildman–Crippen LogP) is 5.61. The highest BCUT2D eigenvalue weighted by Gasteiger charge is 2.08. The summed E-state index contributed by atoms with van der Waals surface area (Å²) in [5, 5.41) is 6.64. The standard InChI is InChI=1S/C22H23ClN2O2S/c1-2-3-13-27-20-6-4-5-17(14-20)21(26)24-12-11-19-15-28-22(25-19)16-7-9-18(23)10-8-16/h4-10,14-15H,2-3,11-13H2,1H3,(H,24,26). The third-order valence-corrected chi connectivity index (χ3v) is 5.36. The van der Waals surface area contributed by atoms with Gasteiger partial charge in [0.15, 0.2) is 0 Å². The summed E-state index contributed by atoms with van der Waals surface area (Å²) in [5.74, 6) is 0.627. The van der Waals surface area contributed by atoms with E-state index in [4.69, 9.17) is 16.3 Å². The molecule has 6 heteroatoms. The molecule has 28 heavy (non-hydrogen) atoms. The summed E-state index contributed by atoms with van der Waals surface area (Å²) in [6.07, 6.45) is 2.77. The first-order valence-electron chi connectivity index (χ1n) is 9.37. The van der Waals surface area contributed by atoms with E-state index in [-0.39, 0.29) is 5.91 Å². The summed E-state index contributed by atoms with van der Waals surface area (Å²) in [7, 11) is 0. The monoisotopic (exact) mass is 414 g/mol. The van der Waals surface area contributed by atoms with Crippen LogP contribution in [0.25, 0.3) is 10.6 Å².